The molecule has 0 saturated heterocycles. The van der Waals surface area contributed by atoms with Gasteiger partial charge in [-0.25, -0.2) is 0 Å². The lowest BCUT2D eigenvalue weighted by Gasteiger charge is -2.12. The van der Waals surface area contributed by atoms with Crippen LogP contribution >= 0.6 is 0 Å². The third-order valence-corrected chi connectivity index (χ3v) is 4.10. The maximum absolute atomic E-state index is 5.24. The van der Waals surface area contributed by atoms with Crippen molar-refractivity contribution in [3.05, 3.63) is 36.0 Å². The quantitative estimate of drug-likeness (QED) is 0.819. The molecule has 0 atom stereocenters. The summed E-state index contributed by atoms with van der Waals surface area (Å²) in [5.41, 5.74) is 1.21. The smallest absolute Gasteiger partial charge is 0.244 e. The van der Waals surface area contributed by atoms with E-state index in [0.29, 0.717) is 12.0 Å². The number of anilines is 2. The first-order valence-corrected chi connectivity index (χ1v) is 8.16. The second kappa shape index (κ2) is 7.76. The van der Waals surface area contributed by atoms with E-state index in [1.807, 2.05) is 18.2 Å². The first-order chi connectivity index (χ1) is 11.3. The standard InChI is InChI=1S/C17H23N5O/c1-23-15-8-4-5-13(11-15)9-10-18-17-21-16(12-19-22-17)20-14-6-2-3-7-14/h4-5,8,11-12,14H,2-3,6-7,9-10H2,1H3,(H2,18,20,21,22). The molecule has 1 fully saturated rings. The fourth-order valence-electron chi connectivity index (χ4n) is 2.87. The van der Waals surface area contributed by atoms with Gasteiger partial charge in [-0.2, -0.15) is 10.1 Å². The number of benzene rings is 1. The number of hydrogen-bond acceptors (Lipinski definition) is 6. The molecule has 2 N–H and O–H groups in total. The van der Waals surface area contributed by atoms with Gasteiger partial charge in [-0.3, -0.25) is 0 Å². The Bertz CT molecular complexity index is 628. The van der Waals surface area contributed by atoms with Crippen LogP contribution in [0.1, 0.15) is 31.2 Å². The summed E-state index contributed by atoms with van der Waals surface area (Å²) in [6, 6.07) is 8.59. The molecule has 0 bridgehead atoms. The molecule has 6 heteroatoms. The molecule has 1 aromatic carbocycles. The maximum atomic E-state index is 5.24. The lowest BCUT2D eigenvalue weighted by Crippen LogP contribution is -2.17. The molecule has 3 rings (SSSR count). The highest BCUT2D eigenvalue weighted by Crippen LogP contribution is 2.21. The maximum Gasteiger partial charge on any atom is 0.244 e. The van der Waals surface area contributed by atoms with Crippen LogP contribution in [-0.4, -0.2) is 34.9 Å². The molecule has 1 saturated carbocycles. The van der Waals surface area contributed by atoms with Gasteiger partial charge in [-0.05, 0) is 37.0 Å². The first kappa shape index (κ1) is 15.5. The lowest BCUT2D eigenvalue weighted by molar-refractivity contribution is 0.414. The summed E-state index contributed by atoms with van der Waals surface area (Å²) < 4.78 is 5.24. The van der Waals surface area contributed by atoms with E-state index in [2.05, 4.69) is 31.9 Å². The summed E-state index contributed by atoms with van der Waals surface area (Å²) in [5.74, 6) is 2.25. The summed E-state index contributed by atoms with van der Waals surface area (Å²) >= 11 is 0. The largest absolute Gasteiger partial charge is 0.497 e. The summed E-state index contributed by atoms with van der Waals surface area (Å²) in [4.78, 5) is 4.48. The van der Waals surface area contributed by atoms with Crippen LogP contribution in [0.5, 0.6) is 5.75 Å². The molecule has 1 aliphatic carbocycles. The molecule has 6 nitrogen and oxygen atoms in total. The van der Waals surface area contributed by atoms with Gasteiger partial charge < -0.3 is 15.4 Å². The molecule has 0 spiro atoms. The second-order valence-corrected chi connectivity index (χ2v) is 5.82. The van der Waals surface area contributed by atoms with Gasteiger partial charge in [0.15, 0.2) is 5.82 Å². The minimum Gasteiger partial charge on any atom is -0.497 e. The predicted molar refractivity (Wildman–Crippen MR) is 90.9 cm³/mol. The van der Waals surface area contributed by atoms with Crippen molar-refractivity contribution in [1.29, 1.82) is 0 Å². The van der Waals surface area contributed by atoms with Crippen molar-refractivity contribution < 1.29 is 4.74 Å². The topological polar surface area (TPSA) is 72.0 Å². The monoisotopic (exact) mass is 313 g/mol. The van der Waals surface area contributed by atoms with Gasteiger partial charge in [0.25, 0.3) is 0 Å². The molecule has 1 aromatic heterocycles. The fraction of sp³-hybridized carbons (Fsp3) is 0.471. The van der Waals surface area contributed by atoms with E-state index in [1.165, 1.54) is 31.2 Å². The molecule has 0 unspecified atom stereocenters. The number of hydrogen-bond donors (Lipinski definition) is 2. The number of aromatic nitrogens is 3. The molecule has 122 valence electrons. The van der Waals surface area contributed by atoms with Crippen LogP contribution in [-0.2, 0) is 6.42 Å². The molecular formula is C17H23N5O. The zero-order chi connectivity index (χ0) is 15.9. The molecule has 2 aromatic rings. The fourth-order valence-corrected chi connectivity index (χ4v) is 2.87. The van der Waals surface area contributed by atoms with Crippen LogP contribution in [0.2, 0.25) is 0 Å². The first-order valence-electron chi connectivity index (χ1n) is 8.16. The van der Waals surface area contributed by atoms with Gasteiger partial charge in [0, 0.05) is 12.6 Å². The zero-order valence-corrected chi connectivity index (χ0v) is 13.5. The number of nitrogens with zero attached hydrogens (tertiary/aromatic N) is 3. The van der Waals surface area contributed by atoms with Crippen LogP contribution in [0.15, 0.2) is 30.5 Å². The highest BCUT2D eigenvalue weighted by molar-refractivity contribution is 5.38. The normalized spacial score (nSPS) is 14.7. The van der Waals surface area contributed by atoms with E-state index in [1.54, 1.807) is 13.3 Å². The van der Waals surface area contributed by atoms with Gasteiger partial charge in [0.1, 0.15) is 5.75 Å². The molecule has 23 heavy (non-hydrogen) atoms. The Balaban J connectivity index is 1.51. The third-order valence-electron chi connectivity index (χ3n) is 4.10. The summed E-state index contributed by atoms with van der Waals surface area (Å²) in [6.07, 6.45) is 7.57. The second-order valence-electron chi connectivity index (χ2n) is 5.82. The van der Waals surface area contributed by atoms with Gasteiger partial charge in [0.05, 0.1) is 13.3 Å². The number of nitrogens with one attached hydrogen (secondary N) is 2. The van der Waals surface area contributed by atoms with Crippen molar-refractivity contribution >= 4 is 11.8 Å². The Kier molecular flexibility index (Phi) is 5.24. The molecule has 1 heterocycles. The summed E-state index contributed by atoms with van der Waals surface area (Å²) in [5, 5.41) is 14.7. The van der Waals surface area contributed by atoms with E-state index < -0.39 is 0 Å². The van der Waals surface area contributed by atoms with Crippen molar-refractivity contribution in [3.63, 3.8) is 0 Å². The highest BCUT2D eigenvalue weighted by Gasteiger charge is 2.15. The van der Waals surface area contributed by atoms with E-state index in [0.717, 1.165) is 24.5 Å². The lowest BCUT2D eigenvalue weighted by atomic mass is 10.1. The number of methoxy groups -OCH3 is 1. The van der Waals surface area contributed by atoms with Gasteiger partial charge >= 0.3 is 0 Å². The van der Waals surface area contributed by atoms with Crippen molar-refractivity contribution in [2.75, 3.05) is 24.3 Å². The number of ether oxygens (including phenoxy) is 1. The van der Waals surface area contributed by atoms with Gasteiger partial charge in [0.2, 0.25) is 5.95 Å². The summed E-state index contributed by atoms with van der Waals surface area (Å²) in [7, 11) is 1.68. The van der Waals surface area contributed by atoms with Crippen LogP contribution < -0.4 is 15.4 Å². The zero-order valence-electron chi connectivity index (χ0n) is 13.5. The molecular weight excluding hydrogens is 290 g/mol. The van der Waals surface area contributed by atoms with E-state index in [-0.39, 0.29) is 0 Å². The van der Waals surface area contributed by atoms with E-state index in [9.17, 15) is 0 Å². The minimum atomic E-state index is 0.524. The van der Waals surface area contributed by atoms with Crippen molar-refractivity contribution in [2.24, 2.45) is 0 Å². The Labute approximate surface area is 136 Å². The van der Waals surface area contributed by atoms with Crippen molar-refractivity contribution in [1.82, 2.24) is 15.2 Å². The van der Waals surface area contributed by atoms with Crippen LogP contribution in [0.3, 0.4) is 0 Å². The molecule has 0 aliphatic heterocycles. The minimum absolute atomic E-state index is 0.524. The van der Waals surface area contributed by atoms with Crippen LogP contribution in [0.25, 0.3) is 0 Å². The molecule has 0 amide bonds. The Morgan fingerprint density at radius 3 is 2.96 bits per heavy atom. The highest BCUT2D eigenvalue weighted by atomic mass is 16.5. The average Bonchev–Trinajstić information content (AvgIpc) is 3.08. The Morgan fingerprint density at radius 2 is 2.13 bits per heavy atom. The molecule has 1 aliphatic rings. The SMILES string of the molecule is COc1cccc(CCNc2nncc(NC3CCCC3)n2)c1. The summed E-state index contributed by atoms with van der Waals surface area (Å²) in [6.45, 7) is 0.752. The third kappa shape index (κ3) is 4.55. The van der Waals surface area contributed by atoms with Crippen LogP contribution in [0.4, 0.5) is 11.8 Å². The Morgan fingerprint density at radius 1 is 1.26 bits per heavy atom. The van der Waals surface area contributed by atoms with Crippen LogP contribution in [0, 0.1) is 0 Å². The van der Waals surface area contributed by atoms with E-state index in [4.69, 9.17) is 4.74 Å². The Hall–Kier alpha value is -2.37. The van der Waals surface area contributed by atoms with Crippen molar-refractivity contribution in [2.45, 2.75) is 38.1 Å². The van der Waals surface area contributed by atoms with Gasteiger partial charge in [-0.15, -0.1) is 5.10 Å². The number of rotatable bonds is 7. The predicted octanol–water partition coefficient (Wildman–Crippen LogP) is 2.89. The average molecular weight is 313 g/mol. The van der Waals surface area contributed by atoms with Gasteiger partial charge in [-0.1, -0.05) is 25.0 Å². The molecule has 0 radical (unpaired) electrons. The van der Waals surface area contributed by atoms with Crippen molar-refractivity contribution in [3.8, 4) is 5.75 Å². The van der Waals surface area contributed by atoms with E-state index >= 15 is 0 Å².